The van der Waals surface area contributed by atoms with E-state index in [1.807, 2.05) is 97.2 Å². The Balaban J connectivity index is 4.59. The Hall–Kier alpha value is -4.97. The number of hydrogen-bond acceptors (Lipinski definition) is 6. The van der Waals surface area contributed by atoms with E-state index in [1.54, 1.807) is 0 Å². The Morgan fingerprint density at radius 3 is 1.09 bits per heavy atom. The number of ether oxygens (including phenoxy) is 3. The lowest BCUT2D eigenvalue weighted by Crippen LogP contribution is -2.30. The molecular weight excluding hydrogens is 829 g/mol. The summed E-state index contributed by atoms with van der Waals surface area (Å²) in [4.78, 5) is 38.1. The Morgan fingerprint density at radius 2 is 0.657 bits per heavy atom. The minimum absolute atomic E-state index is 0.117. The van der Waals surface area contributed by atoms with Crippen molar-refractivity contribution < 1.29 is 28.6 Å². The third-order valence-electron chi connectivity index (χ3n) is 10.3. The van der Waals surface area contributed by atoms with Gasteiger partial charge < -0.3 is 14.2 Å². The first-order valence-corrected chi connectivity index (χ1v) is 26.1. The van der Waals surface area contributed by atoms with Gasteiger partial charge in [0, 0.05) is 19.3 Å². The average Bonchev–Trinajstić information content (AvgIpc) is 3.33. The van der Waals surface area contributed by atoms with E-state index in [0.717, 1.165) is 109 Å². The second-order valence-electron chi connectivity index (χ2n) is 16.6. The van der Waals surface area contributed by atoms with E-state index >= 15 is 0 Å². The molecule has 0 rings (SSSR count). The zero-order chi connectivity index (χ0) is 48.6. The summed E-state index contributed by atoms with van der Waals surface area (Å²) in [5.74, 6) is -1.01. The third kappa shape index (κ3) is 51.9. The molecule has 372 valence electrons. The van der Waals surface area contributed by atoms with Crippen LogP contribution in [0.25, 0.3) is 0 Å². The van der Waals surface area contributed by atoms with Gasteiger partial charge >= 0.3 is 17.9 Å². The van der Waals surface area contributed by atoms with Crippen molar-refractivity contribution in [1.82, 2.24) is 0 Å². The van der Waals surface area contributed by atoms with Crippen LogP contribution in [0.1, 0.15) is 188 Å². The van der Waals surface area contributed by atoms with Gasteiger partial charge in [0.05, 0.1) is 0 Å². The molecule has 0 saturated carbocycles. The van der Waals surface area contributed by atoms with Gasteiger partial charge in [-0.2, -0.15) is 0 Å². The fourth-order valence-electron chi connectivity index (χ4n) is 6.42. The molecule has 67 heavy (non-hydrogen) atoms. The van der Waals surface area contributed by atoms with Crippen LogP contribution in [-0.4, -0.2) is 37.2 Å². The molecule has 1 atom stereocenters. The molecule has 0 N–H and O–H groups in total. The largest absolute Gasteiger partial charge is 0.462 e. The number of carbonyl (C=O) groups excluding carboxylic acids is 3. The molecule has 0 spiro atoms. The van der Waals surface area contributed by atoms with E-state index in [4.69, 9.17) is 14.2 Å². The topological polar surface area (TPSA) is 78.9 Å². The first-order valence-electron chi connectivity index (χ1n) is 26.1. The zero-order valence-corrected chi connectivity index (χ0v) is 42.3. The molecule has 0 aromatic rings. The van der Waals surface area contributed by atoms with E-state index in [-0.39, 0.29) is 37.5 Å². The molecular formula is C61H92O6. The summed E-state index contributed by atoms with van der Waals surface area (Å²) in [6.07, 6.45) is 77.8. The van der Waals surface area contributed by atoms with E-state index < -0.39 is 6.10 Å². The Bertz CT molecular complexity index is 1570. The lowest BCUT2D eigenvalue weighted by atomic mass is 10.1. The standard InChI is InChI=1S/C61H92O6/c1-4-7-10-13-16-19-22-25-28-30-32-33-36-39-42-45-48-51-54-60(63)66-57-58(56-65-59(62)53-50-47-44-41-38-35-27-24-21-18-15-12-9-6-3)67-61(64)55-52-49-46-43-40-37-34-31-29-26-23-20-17-14-11-8-5-2/h8-14,16-23,25-26,28-34,37,40,58H,4-7,15,24,27,35-36,38-39,41-57H2,1-3H3/b11-8-,12-9-,13-10-,17-14-,19-16-,21-18-,23-20-,25-22-,29-26-,30-28-,33-32-,34-31+,40-37-. The molecule has 0 aromatic carbocycles. The maximum Gasteiger partial charge on any atom is 0.306 e. The summed E-state index contributed by atoms with van der Waals surface area (Å²) in [7, 11) is 0. The Labute approximate surface area is 409 Å². The fourth-order valence-corrected chi connectivity index (χ4v) is 6.42. The molecule has 0 bridgehead atoms. The van der Waals surface area contributed by atoms with Crippen LogP contribution < -0.4 is 0 Å². The molecule has 0 heterocycles. The first-order chi connectivity index (χ1) is 33.0. The summed E-state index contributed by atoms with van der Waals surface area (Å²) in [6.45, 7) is 6.21. The van der Waals surface area contributed by atoms with Crippen LogP contribution in [0.5, 0.6) is 0 Å². The smallest absolute Gasteiger partial charge is 0.306 e. The van der Waals surface area contributed by atoms with Crippen LogP contribution >= 0.6 is 0 Å². The number of unbranched alkanes of at least 4 members (excludes halogenated alkanes) is 16. The molecule has 6 heteroatoms. The highest BCUT2D eigenvalue weighted by Crippen LogP contribution is 2.13. The highest BCUT2D eigenvalue weighted by atomic mass is 16.6. The van der Waals surface area contributed by atoms with Crippen LogP contribution in [0.3, 0.4) is 0 Å². The van der Waals surface area contributed by atoms with E-state index in [0.29, 0.717) is 19.3 Å². The number of esters is 3. The maximum absolute atomic E-state index is 12.8. The van der Waals surface area contributed by atoms with Crippen molar-refractivity contribution in [1.29, 1.82) is 0 Å². The monoisotopic (exact) mass is 921 g/mol. The van der Waals surface area contributed by atoms with Gasteiger partial charge in [0.2, 0.25) is 0 Å². The fraction of sp³-hybridized carbons (Fsp3) is 0.525. The van der Waals surface area contributed by atoms with Crippen molar-refractivity contribution in [2.24, 2.45) is 0 Å². The molecule has 1 unspecified atom stereocenters. The summed E-state index contributed by atoms with van der Waals surface area (Å²) in [5.41, 5.74) is 0. The Kier molecular flexibility index (Phi) is 49.7. The predicted octanol–water partition coefficient (Wildman–Crippen LogP) is 17.4. The minimum atomic E-state index is -0.824. The highest BCUT2D eigenvalue weighted by molar-refractivity contribution is 5.71. The van der Waals surface area contributed by atoms with E-state index in [9.17, 15) is 14.4 Å². The van der Waals surface area contributed by atoms with Gasteiger partial charge in [-0.15, -0.1) is 0 Å². The summed E-state index contributed by atoms with van der Waals surface area (Å²) < 4.78 is 16.7. The van der Waals surface area contributed by atoms with Crippen molar-refractivity contribution in [3.63, 3.8) is 0 Å². The van der Waals surface area contributed by atoms with Crippen molar-refractivity contribution >= 4 is 17.9 Å². The van der Waals surface area contributed by atoms with Crippen LogP contribution in [0.4, 0.5) is 0 Å². The van der Waals surface area contributed by atoms with Crippen molar-refractivity contribution in [2.75, 3.05) is 13.2 Å². The lowest BCUT2D eigenvalue weighted by Gasteiger charge is -2.18. The van der Waals surface area contributed by atoms with Gasteiger partial charge in [-0.3, -0.25) is 14.4 Å². The van der Waals surface area contributed by atoms with E-state index in [1.165, 1.54) is 32.1 Å². The van der Waals surface area contributed by atoms with Crippen molar-refractivity contribution in [3.05, 3.63) is 158 Å². The van der Waals surface area contributed by atoms with E-state index in [2.05, 4.69) is 81.5 Å². The molecule has 0 aliphatic heterocycles. The minimum Gasteiger partial charge on any atom is -0.462 e. The summed E-state index contributed by atoms with van der Waals surface area (Å²) >= 11 is 0. The molecule has 0 amide bonds. The van der Waals surface area contributed by atoms with Crippen LogP contribution in [0.2, 0.25) is 0 Å². The number of hydrogen-bond donors (Lipinski definition) is 0. The van der Waals surface area contributed by atoms with Crippen molar-refractivity contribution in [3.8, 4) is 0 Å². The highest BCUT2D eigenvalue weighted by Gasteiger charge is 2.19. The van der Waals surface area contributed by atoms with Gasteiger partial charge in [-0.05, 0) is 83.5 Å². The van der Waals surface area contributed by atoms with Crippen LogP contribution in [0, 0.1) is 0 Å². The number of carbonyl (C=O) groups is 3. The average molecular weight is 921 g/mol. The summed E-state index contributed by atoms with van der Waals surface area (Å²) in [5, 5.41) is 0. The molecule has 0 fully saturated rings. The molecule has 0 aliphatic carbocycles. The zero-order valence-electron chi connectivity index (χ0n) is 42.3. The number of allylic oxidation sites excluding steroid dienone is 26. The molecule has 0 saturated heterocycles. The van der Waals surface area contributed by atoms with Gasteiger partial charge in [-0.25, -0.2) is 0 Å². The van der Waals surface area contributed by atoms with Crippen LogP contribution in [-0.2, 0) is 28.6 Å². The first kappa shape index (κ1) is 62.0. The molecule has 0 radical (unpaired) electrons. The van der Waals surface area contributed by atoms with Gasteiger partial charge in [-0.1, -0.05) is 243 Å². The lowest BCUT2D eigenvalue weighted by molar-refractivity contribution is -0.167. The van der Waals surface area contributed by atoms with Gasteiger partial charge in [0.1, 0.15) is 13.2 Å². The maximum atomic E-state index is 12.8. The van der Waals surface area contributed by atoms with Crippen LogP contribution in [0.15, 0.2) is 158 Å². The van der Waals surface area contributed by atoms with Gasteiger partial charge in [0.15, 0.2) is 6.10 Å². The van der Waals surface area contributed by atoms with Crippen molar-refractivity contribution in [2.45, 2.75) is 194 Å². The SMILES string of the molecule is CC\C=C/C=C\C=C/C=C\C=C\C=C/CCCCCC(=O)OC(COC(=O)CCCCCCC\C=C/C=C\C=C/C=C\C=C/CCC)COC(=O)CCCCCCCCC/C=C\C/C=C\CC. The third-order valence-corrected chi connectivity index (χ3v) is 10.3. The molecule has 0 aromatic heterocycles. The van der Waals surface area contributed by atoms with Gasteiger partial charge in [0.25, 0.3) is 0 Å². The quantitative estimate of drug-likeness (QED) is 0.0199. The predicted molar refractivity (Wildman–Crippen MR) is 288 cm³/mol. The normalized spacial score (nSPS) is 13.4. The second kappa shape index (κ2) is 53.6. The Morgan fingerprint density at radius 1 is 0.328 bits per heavy atom. The summed E-state index contributed by atoms with van der Waals surface area (Å²) in [6, 6.07) is 0. The number of rotatable bonds is 44. The molecule has 6 nitrogen and oxygen atoms in total. The second-order valence-corrected chi connectivity index (χ2v) is 16.6. The molecule has 0 aliphatic rings.